The average molecular weight is 990 g/mol. The van der Waals surface area contributed by atoms with Crippen LogP contribution in [0.15, 0.2) is 85.1 Å². The first kappa shape index (κ1) is 67.6. The molecular formula is C65H112O6. The average Bonchev–Trinajstić information content (AvgIpc) is 3.37. The molecule has 0 saturated carbocycles. The fourth-order valence-corrected chi connectivity index (χ4v) is 8.38. The maximum Gasteiger partial charge on any atom is 0.306 e. The molecule has 0 saturated heterocycles. The van der Waals surface area contributed by atoms with Gasteiger partial charge < -0.3 is 14.2 Å². The summed E-state index contributed by atoms with van der Waals surface area (Å²) >= 11 is 0. The molecule has 0 aliphatic heterocycles. The van der Waals surface area contributed by atoms with E-state index in [9.17, 15) is 14.4 Å². The maximum atomic E-state index is 12.8. The molecule has 0 aromatic heterocycles. The molecule has 0 rings (SSSR count). The summed E-state index contributed by atoms with van der Waals surface area (Å²) in [4.78, 5) is 37.8. The van der Waals surface area contributed by atoms with Crippen molar-refractivity contribution in [3.8, 4) is 0 Å². The molecule has 6 nitrogen and oxygen atoms in total. The van der Waals surface area contributed by atoms with Gasteiger partial charge in [0, 0.05) is 19.3 Å². The summed E-state index contributed by atoms with van der Waals surface area (Å²) in [6.45, 7) is 6.42. The Morgan fingerprint density at radius 2 is 0.549 bits per heavy atom. The molecule has 408 valence electrons. The van der Waals surface area contributed by atoms with Crippen LogP contribution in [-0.4, -0.2) is 37.2 Å². The number of allylic oxidation sites excluding steroid dienone is 14. The van der Waals surface area contributed by atoms with Gasteiger partial charge in [-0.05, 0) is 96.3 Å². The highest BCUT2D eigenvalue weighted by Gasteiger charge is 2.19. The monoisotopic (exact) mass is 989 g/mol. The molecular weight excluding hydrogens is 877 g/mol. The number of carbonyl (C=O) groups is 3. The second-order valence-electron chi connectivity index (χ2n) is 19.9. The normalized spacial score (nSPS) is 12.7. The lowest BCUT2D eigenvalue weighted by Gasteiger charge is -2.18. The van der Waals surface area contributed by atoms with Gasteiger partial charge in [-0.1, -0.05) is 260 Å². The Balaban J connectivity index is 4.03. The lowest BCUT2D eigenvalue weighted by atomic mass is 10.0. The standard InChI is InChI=1S/C65H112O6/c1-4-7-10-13-15-17-19-21-23-25-27-28-29-30-31-32-33-34-35-36-38-39-41-43-45-47-49-52-55-58-64(67)70-61-62(60-69-63(66)57-54-51-12-9-6-3)71-65(68)59-56-53-50-48-46-44-42-40-37-26-24-22-20-18-16-14-11-8-5-2/h7,10,15-18,21-24,27-28,37,40,62H,4-6,8-9,11-14,19-20,25-26,29-36,38-39,41-61H2,1-3H3/b10-7-,17-15-,18-16-,23-21-,24-22-,28-27-,40-37-. The van der Waals surface area contributed by atoms with Gasteiger partial charge >= 0.3 is 17.9 Å². The summed E-state index contributed by atoms with van der Waals surface area (Å²) in [6.07, 6.45) is 77.7. The Labute approximate surface area is 439 Å². The van der Waals surface area contributed by atoms with Crippen LogP contribution in [0.25, 0.3) is 0 Å². The van der Waals surface area contributed by atoms with Gasteiger partial charge in [0.2, 0.25) is 0 Å². The topological polar surface area (TPSA) is 78.9 Å². The fourth-order valence-electron chi connectivity index (χ4n) is 8.38. The van der Waals surface area contributed by atoms with E-state index in [0.29, 0.717) is 19.3 Å². The third kappa shape index (κ3) is 57.4. The highest BCUT2D eigenvalue weighted by Crippen LogP contribution is 2.16. The molecule has 0 aromatic rings. The van der Waals surface area contributed by atoms with Gasteiger partial charge in [0.05, 0.1) is 0 Å². The molecule has 0 aliphatic rings. The number of hydrogen-bond acceptors (Lipinski definition) is 6. The lowest BCUT2D eigenvalue weighted by Crippen LogP contribution is -2.30. The Kier molecular flexibility index (Phi) is 56.3. The lowest BCUT2D eigenvalue weighted by molar-refractivity contribution is -0.167. The zero-order chi connectivity index (χ0) is 51.4. The number of rotatable bonds is 54. The minimum atomic E-state index is -0.779. The predicted molar refractivity (Wildman–Crippen MR) is 307 cm³/mol. The van der Waals surface area contributed by atoms with Crippen molar-refractivity contribution in [2.75, 3.05) is 13.2 Å². The quantitative estimate of drug-likeness (QED) is 0.0261. The Morgan fingerprint density at radius 1 is 0.296 bits per heavy atom. The smallest absolute Gasteiger partial charge is 0.306 e. The van der Waals surface area contributed by atoms with Crippen LogP contribution in [0.5, 0.6) is 0 Å². The summed E-state index contributed by atoms with van der Waals surface area (Å²) in [5, 5.41) is 0. The molecule has 0 bridgehead atoms. The van der Waals surface area contributed by atoms with E-state index in [-0.39, 0.29) is 31.1 Å². The first-order valence-electron chi connectivity index (χ1n) is 30.1. The molecule has 0 spiro atoms. The van der Waals surface area contributed by atoms with Gasteiger partial charge in [-0.3, -0.25) is 14.4 Å². The van der Waals surface area contributed by atoms with E-state index in [4.69, 9.17) is 14.2 Å². The summed E-state index contributed by atoms with van der Waals surface area (Å²) in [6, 6.07) is 0. The molecule has 0 radical (unpaired) electrons. The first-order valence-corrected chi connectivity index (χ1v) is 30.1. The number of ether oxygens (including phenoxy) is 3. The van der Waals surface area contributed by atoms with Crippen LogP contribution in [0.2, 0.25) is 0 Å². The van der Waals surface area contributed by atoms with Crippen LogP contribution in [0, 0.1) is 0 Å². The Morgan fingerprint density at radius 3 is 0.887 bits per heavy atom. The van der Waals surface area contributed by atoms with Crippen LogP contribution in [-0.2, 0) is 28.6 Å². The van der Waals surface area contributed by atoms with Crippen LogP contribution < -0.4 is 0 Å². The summed E-state index contributed by atoms with van der Waals surface area (Å²) in [7, 11) is 0. The third-order valence-electron chi connectivity index (χ3n) is 12.9. The molecule has 0 fully saturated rings. The molecule has 0 aromatic carbocycles. The van der Waals surface area contributed by atoms with Crippen LogP contribution in [0.4, 0.5) is 0 Å². The van der Waals surface area contributed by atoms with Gasteiger partial charge in [0.1, 0.15) is 13.2 Å². The van der Waals surface area contributed by atoms with Crippen LogP contribution in [0.3, 0.4) is 0 Å². The SMILES string of the molecule is CC/C=C\C/C=C\C/C=C\C/C=C\CCCCCCCCCCCCCCCCCCC(=O)OCC(COC(=O)CCCCCCC)OC(=O)CCCCCCCC/C=C\C/C=C\C/C=C\CCCCC. The maximum absolute atomic E-state index is 12.8. The zero-order valence-electron chi connectivity index (χ0n) is 46.7. The molecule has 1 unspecified atom stereocenters. The van der Waals surface area contributed by atoms with Crippen molar-refractivity contribution in [1.29, 1.82) is 0 Å². The fraction of sp³-hybridized carbons (Fsp3) is 0.738. The van der Waals surface area contributed by atoms with Gasteiger partial charge in [0.15, 0.2) is 6.10 Å². The van der Waals surface area contributed by atoms with Gasteiger partial charge in [-0.15, -0.1) is 0 Å². The van der Waals surface area contributed by atoms with E-state index in [1.165, 1.54) is 135 Å². The molecule has 1 atom stereocenters. The van der Waals surface area contributed by atoms with E-state index in [1.807, 2.05) is 0 Å². The van der Waals surface area contributed by atoms with Gasteiger partial charge in [-0.2, -0.15) is 0 Å². The first-order chi connectivity index (χ1) is 35.0. The Bertz CT molecular complexity index is 1370. The van der Waals surface area contributed by atoms with Crippen molar-refractivity contribution < 1.29 is 28.6 Å². The summed E-state index contributed by atoms with van der Waals surface area (Å²) < 4.78 is 16.7. The summed E-state index contributed by atoms with van der Waals surface area (Å²) in [5.74, 6) is -0.899. The van der Waals surface area contributed by atoms with E-state index < -0.39 is 6.10 Å². The van der Waals surface area contributed by atoms with E-state index >= 15 is 0 Å². The van der Waals surface area contributed by atoms with Crippen molar-refractivity contribution in [3.63, 3.8) is 0 Å². The van der Waals surface area contributed by atoms with Gasteiger partial charge in [-0.25, -0.2) is 0 Å². The van der Waals surface area contributed by atoms with Crippen molar-refractivity contribution in [2.24, 2.45) is 0 Å². The number of unbranched alkanes of at least 4 members (excludes halogenated alkanes) is 29. The third-order valence-corrected chi connectivity index (χ3v) is 12.9. The van der Waals surface area contributed by atoms with Crippen molar-refractivity contribution >= 4 is 17.9 Å². The second kappa shape index (κ2) is 59.2. The zero-order valence-corrected chi connectivity index (χ0v) is 46.7. The van der Waals surface area contributed by atoms with E-state index in [1.54, 1.807) is 0 Å². The highest BCUT2D eigenvalue weighted by molar-refractivity contribution is 5.71. The molecule has 6 heteroatoms. The minimum absolute atomic E-state index is 0.0800. The Hall–Kier alpha value is -3.41. The highest BCUT2D eigenvalue weighted by atomic mass is 16.6. The van der Waals surface area contributed by atoms with Crippen molar-refractivity contribution in [1.82, 2.24) is 0 Å². The predicted octanol–water partition coefficient (Wildman–Crippen LogP) is 20.3. The van der Waals surface area contributed by atoms with E-state index in [2.05, 4.69) is 106 Å². The summed E-state index contributed by atoms with van der Waals surface area (Å²) in [5.41, 5.74) is 0. The number of esters is 3. The number of carbonyl (C=O) groups excluding carboxylic acids is 3. The minimum Gasteiger partial charge on any atom is -0.462 e. The molecule has 71 heavy (non-hydrogen) atoms. The van der Waals surface area contributed by atoms with Crippen molar-refractivity contribution in [2.45, 2.75) is 297 Å². The second-order valence-corrected chi connectivity index (χ2v) is 19.9. The largest absolute Gasteiger partial charge is 0.462 e. The van der Waals surface area contributed by atoms with Crippen LogP contribution >= 0.6 is 0 Å². The molecule has 0 amide bonds. The molecule has 0 heterocycles. The van der Waals surface area contributed by atoms with Gasteiger partial charge in [0.25, 0.3) is 0 Å². The number of hydrogen-bond donors (Lipinski definition) is 0. The molecule has 0 N–H and O–H groups in total. The molecule has 0 aliphatic carbocycles. The van der Waals surface area contributed by atoms with Crippen molar-refractivity contribution in [3.05, 3.63) is 85.1 Å². The van der Waals surface area contributed by atoms with E-state index in [0.717, 1.165) is 116 Å². The van der Waals surface area contributed by atoms with Crippen LogP contribution in [0.1, 0.15) is 290 Å².